The van der Waals surface area contributed by atoms with E-state index in [0.717, 1.165) is 25.9 Å². The van der Waals surface area contributed by atoms with Gasteiger partial charge in [-0.05, 0) is 35.0 Å². The fourth-order valence-electron chi connectivity index (χ4n) is 1.90. The summed E-state index contributed by atoms with van der Waals surface area (Å²) in [5.74, 6) is 6.37. The van der Waals surface area contributed by atoms with Crippen LogP contribution in [0.15, 0.2) is 10.3 Å². The number of nitrogens with two attached hydrogens (primary N) is 1. The van der Waals surface area contributed by atoms with Crippen molar-refractivity contribution in [2.45, 2.75) is 23.2 Å². The topological polar surface area (TPSA) is 124 Å². The molecule has 2 aromatic rings. The van der Waals surface area contributed by atoms with Crippen LogP contribution < -0.4 is 16.2 Å². The average Bonchev–Trinajstić information content (AvgIpc) is 3.11. The molecule has 2 aromatic heterocycles. The molecule has 10 nitrogen and oxygen atoms in total. The number of nitrogens with zero attached hydrogens (tertiary/aromatic N) is 8. The van der Waals surface area contributed by atoms with Crippen LogP contribution in [0.2, 0.25) is 0 Å². The third kappa shape index (κ3) is 2.63. The van der Waals surface area contributed by atoms with Gasteiger partial charge in [-0.15, -0.1) is 5.10 Å². The van der Waals surface area contributed by atoms with Crippen molar-refractivity contribution >= 4 is 23.7 Å². The lowest BCUT2D eigenvalue weighted by molar-refractivity contribution is 0.663. The van der Waals surface area contributed by atoms with E-state index in [2.05, 4.69) is 40.8 Å². The number of hydrazine groups is 1. The van der Waals surface area contributed by atoms with E-state index in [0.29, 0.717) is 22.2 Å². The van der Waals surface area contributed by atoms with Crippen molar-refractivity contribution in [3.63, 3.8) is 0 Å². The zero-order valence-corrected chi connectivity index (χ0v) is 11.7. The number of aryl methyl sites for hydroxylation is 1. The largest absolute Gasteiger partial charge is 0.341 e. The Kier molecular flexibility index (Phi) is 3.60. The molecule has 0 unspecified atom stereocenters. The first kappa shape index (κ1) is 13.0. The summed E-state index contributed by atoms with van der Waals surface area (Å²) in [6.07, 6.45) is 2.29. The molecule has 3 rings (SSSR count). The van der Waals surface area contributed by atoms with Gasteiger partial charge in [0.05, 0.1) is 0 Å². The summed E-state index contributed by atoms with van der Waals surface area (Å²) < 4.78 is 1.56. The molecule has 0 aromatic carbocycles. The van der Waals surface area contributed by atoms with E-state index < -0.39 is 0 Å². The van der Waals surface area contributed by atoms with Gasteiger partial charge in [0, 0.05) is 20.1 Å². The SMILES string of the molecule is Cn1nnnc1Sc1nc(NN)nc(N2CCCC2)n1. The third-order valence-corrected chi connectivity index (χ3v) is 3.78. The second-order valence-electron chi connectivity index (χ2n) is 4.27. The van der Waals surface area contributed by atoms with Crippen molar-refractivity contribution in [3.05, 3.63) is 0 Å². The predicted molar refractivity (Wildman–Crippen MR) is 72.0 cm³/mol. The van der Waals surface area contributed by atoms with Crippen LogP contribution in [0.5, 0.6) is 0 Å². The lowest BCUT2D eigenvalue weighted by Gasteiger charge is -2.15. The number of rotatable bonds is 4. The Hall–Kier alpha value is -2.01. The number of anilines is 2. The van der Waals surface area contributed by atoms with Gasteiger partial charge in [0.1, 0.15) is 0 Å². The van der Waals surface area contributed by atoms with E-state index in [4.69, 9.17) is 5.84 Å². The molecule has 0 atom stereocenters. The van der Waals surface area contributed by atoms with Crippen molar-refractivity contribution in [1.82, 2.24) is 35.2 Å². The molecule has 0 bridgehead atoms. The standard InChI is InChI=1S/C9H14N10S/c1-18-9(15-16-17-18)20-8-12-6(14-10)11-7(13-8)19-4-2-3-5-19/h2-5,10H2,1H3,(H,11,12,13,14). The van der Waals surface area contributed by atoms with Gasteiger partial charge in [-0.1, -0.05) is 0 Å². The highest BCUT2D eigenvalue weighted by molar-refractivity contribution is 7.99. The van der Waals surface area contributed by atoms with Crippen LogP contribution in [0.25, 0.3) is 0 Å². The smallest absolute Gasteiger partial charge is 0.242 e. The molecule has 11 heteroatoms. The molecule has 3 heterocycles. The zero-order chi connectivity index (χ0) is 13.9. The molecule has 0 amide bonds. The van der Waals surface area contributed by atoms with Crippen LogP contribution in [0.1, 0.15) is 12.8 Å². The molecule has 1 aliphatic rings. The summed E-state index contributed by atoms with van der Waals surface area (Å²) in [6, 6.07) is 0. The van der Waals surface area contributed by atoms with Crippen molar-refractivity contribution in [3.8, 4) is 0 Å². The van der Waals surface area contributed by atoms with Gasteiger partial charge in [0.2, 0.25) is 22.2 Å². The number of hydrogen-bond acceptors (Lipinski definition) is 10. The van der Waals surface area contributed by atoms with E-state index in [-0.39, 0.29) is 0 Å². The van der Waals surface area contributed by atoms with Gasteiger partial charge in [0.15, 0.2) is 0 Å². The van der Waals surface area contributed by atoms with E-state index in [1.165, 1.54) is 11.8 Å². The van der Waals surface area contributed by atoms with E-state index >= 15 is 0 Å². The molecule has 20 heavy (non-hydrogen) atoms. The van der Waals surface area contributed by atoms with E-state index in [1.807, 2.05) is 0 Å². The fraction of sp³-hybridized carbons (Fsp3) is 0.556. The molecule has 1 saturated heterocycles. The predicted octanol–water partition coefficient (Wildman–Crippen LogP) is -0.568. The third-order valence-electron chi connectivity index (χ3n) is 2.88. The minimum atomic E-state index is 0.333. The van der Waals surface area contributed by atoms with Crippen LogP contribution >= 0.6 is 11.8 Å². The summed E-state index contributed by atoms with van der Waals surface area (Å²) >= 11 is 1.27. The number of nitrogen functional groups attached to an aromatic ring is 1. The van der Waals surface area contributed by atoms with Gasteiger partial charge in [0.25, 0.3) is 0 Å². The first-order valence-electron chi connectivity index (χ1n) is 6.14. The van der Waals surface area contributed by atoms with Crippen LogP contribution in [-0.4, -0.2) is 48.2 Å². The van der Waals surface area contributed by atoms with E-state index in [1.54, 1.807) is 11.7 Å². The van der Waals surface area contributed by atoms with Gasteiger partial charge >= 0.3 is 0 Å². The van der Waals surface area contributed by atoms with Gasteiger partial charge in [-0.2, -0.15) is 15.0 Å². The maximum absolute atomic E-state index is 5.41. The fourth-order valence-corrected chi connectivity index (χ4v) is 2.57. The van der Waals surface area contributed by atoms with Crippen LogP contribution in [0, 0.1) is 0 Å². The van der Waals surface area contributed by atoms with Crippen molar-refractivity contribution in [1.29, 1.82) is 0 Å². The summed E-state index contributed by atoms with van der Waals surface area (Å²) in [4.78, 5) is 15.0. The average molecular weight is 294 g/mol. The van der Waals surface area contributed by atoms with Crippen LogP contribution in [0.4, 0.5) is 11.9 Å². The lowest BCUT2D eigenvalue weighted by Crippen LogP contribution is -2.22. The normalized spacial score (nSPS) is 14.8. The monoisotopic (exact) mass is 294 g/mol. The Balaban J connectivity index is 1.89. The van der Waals surface area contributed by atoms with Crippen molar-refractivity contribution in [2.75, 3.05) is 23.4 Å². The molecule has 0 radical (unpaired) electrons. The van der Waals surface area contributed by atoms with Gasteiger partial charge in [-0.25, -0.2) is 10.5 Å². The number of tetrazole rings is 1. The molecular weight excluding hydrogens is 280 g/mol. The van der Waals surface area contributed by atoms with Crippen LogP contribution in [0.3, 0.4) is 0 Å². The molecule has 0 aliphatic carbocycles. The summed E-state index contributed by atoms with van der Waals surface area (Å²) in [5, 5.41) is 12.4. The molecule has 3 N–H and O–H groups in total. The van der Waals surface area contributed by atoms with Crippen molar-refractivity contribution < 1.29 is 0 Å². The first-order valence-corrected chi connectivity index (χ1v) is 6.96. The zero-order valence-electron chi connectivity index (χ0n) is 10.9. The molecule has 1 aliphatic heterocycles. The molecule has 106 valence electrons. The Labute approximate surface area is 119 Å². The summed E-state index contributed by atoms with van der Waals surface area (Å²) in [6.45, 7) is 1.90. The highest BCUT2D eigenvalue weighted by Crippen LogP contribution is 2.25. The minimum Gasteiger partial charge on any atom is -0.341 e. The second-order valence-corrected chi connectivity index (χ2v) is 5.20. The Morgan fingerprint density at radius 1 is 1.20 bits per heavy atom. The maximum Gasteiger partial charge on any atom is 0.242 e. The molecule has 1 fully saturated rings. The summed E-state index contributed by atoms with van der Waals surface area (Å²) in [7, 11) is 1.76. The van der Waals surface area contributed by atoms with Gasteiger partial charge < -0.3 is 4.90 Å². The Morgan fingerprint density at radius 2 is 2.00 bits per heavy atom. The maximum atomic E-state index is 5.41. The molecular formula is C9H14N10S. The quantitative estimate of drug-likeness (QED) is 0.559. The molecule has 0 spiro atoms. The van der Waals surface area contributed by atoms with Gasteiger partial charge in [-0.3, -0.25) is 5.43 Å². The van der Waals surface area contributed by atoms with E-state index in [9.17, 15) is 0 Å². The van der Waals surface area contributed by atoms with Crippen molar-refractivity contribution in [2.24, 2.45) is 12.9 Å². The Morgan fingerprint density at radius 3 is 2.65 bits per heavy atom. The Bertz CT molecular complexity index is 592. The highest BCUT2D eigenvalue weighted by atomic mass is 32.2. The van der Waals surface area contributed by atoms with Crippen LogP contribution in [-0.2, 0) is 7.05 Å². The second kappa shape index (κ2) is 5.54. The number of aromatic nitrogens is 7. The first-order chi connectivity index (χ1) is 9.76. The number of nitrogens with one attached hydrogen (secondary N) is 1. The molecule has 0 saturated carbocycles. The lowest BCUT2D eigenvalue weighted by atomic mass is 10.4. The highest BCUT2D eigenvalue weighted by Gasteiger charge is 2.18. The summed E-state index contributed by atoms with van der Waals surface area (Å²) in [5.41, 5.74) is 2.46. The minimum absolute atomic E-state index is 0.333. The number of hydrogen-bond donors (Lipinski definition) is 2.